The SMILES string of the molecule is CC(=O)Nc1c(C)c(Cl)cc(CCN)c1-c1cccc(F)c1. The van der Waals surface area contributed by atoms with Gasteiger partial charge in [-0.05, 0) is 54.8 Å². The van der Waals surface area contributed by atoms with Crippen LogP contribution in [0.5, 0.6) is 0 Å². The molecule has 116 valence electrons. The summed E-state index contributed by atoms with van der Waals surface area (Å²) in [6, 6.07) is 8.09. The van der Waals surface area contributed by atoms with Crippen molar-refractivity contribution in [3.8, 4) is 11.1 Å². The maximum atomic E-state index is 13.6. The largest absolute Gasteiger partial charge is 0.330 e. The van der Waals surface area contributed by atoms with E-state index in [4.69, 9.17) is 17.3 Å². The molecule has 5 heteroatoms. The van der Waals surface area contributed by atoms with Crippen molar-refractivity contribution in [3.63, 3.8) is 0 Å². The lowest BCUT2D eigenvalue weighted by molar-refractivity contribution is -0.114. The van der Waals surface area contributed by atoms with E-state index in [0.29, 0.717) is 29.2 Å². The van der Waals surface area contributed by atoms with Crippen LogP contribution in [0, 0.1) is 12.7 Å². The van der Waals surface area contributed by atoms with Crippen molar-refractivity contribution >= 4 is 23.2 Å². The van der Waals surface area contributed by atoms with Gasteiger partial charge in [0.15, 0.2) is 0 Å². The topological polar surface area (TPSA) is 55.1 Å². The van der Waals surface area contributed by atoms with Gasteiger partial charge in [-0.2, -0.15) is 0 Å². The van der Waals surface area contributed by atoms with Crippen LogP contribution < -0.4 is 11.1 Å². The monoisotopic (exact) mass is 320 g/mol. The van der Waals surface area contributed by atoms with Crippen LogP contribution in [0.2, 0.25) is 5.02 Å². The average molecular weight is 321 g/mol. The number of carbonyl (C=O) groups is 1. The van der Waals surface area contributed by atoms with Gasteiger partial charge in [0.05, 0.1) is 5.69 Å². The van der Waals surface area contributed by atoms with Crippen molar-refractivity contribution in [2.45, 2.75) is 20.3 Å². The number of rotatable bonds is 4. The fraction of sp³-hybridized carbons (Fsp3) is 0.235. The van der Waals surface area contributed by atoms with Crippen LogP contribution in [0.4, 0.5) is 10.1 Å². The van der Waals surface area contributed by atoms with Gasteiger partial charge < -0.3 is 11.1 Å². The first kappa shape index (κ1) is 16.5. The lowest BCUT2D eigenvalue weighted by Gasteiger charge is -2.19. The highest BCUT2D eigenvalue weighted by Gasteiger charge is 2.17. The molecule has 0 atom stereocenters. The molecule has 0 radical (unpaired) electrons. The molecule has 0 aliphatic heterocycles. The molecule has 0 aliphatic rings. The van der Waals surface area contributed by atoms with Crippen LogP contribution in [0.15, 0.2) is 30.3 Å². The molecule has 1 amide bonds. The third-order valence-electron chi connectivity index (χ3n) is 3.43. The molecule has 0 bridgehead atoms. The maximum Gasteiger partial charge on any atom is 0.221 e. The highest BCUT2D eigenvalue weighted by atomic mass is 35.5. The number of hydrogen-bond donors (Lipinski definition) is 2. The molecule has 0 heterocycles. The fourth-order valence-electron chi connectivity index (χ4n) is 2.46. The standard InChI is InChI=1S/C17H18ClFN2O/c1-10-15(18)9-13(6-7-20)16(17(10)21-11(2)22)12-4-3-5-14(19)8-12/h3-5,8-9H,6-7,20H2,1-2H3,(H,21,22). The first-order chi connectivity index (χ1) is 10.4. The highest BCUT2D eigenvalue weighted by molar-refractivity contribution is 6.32. The molecule has 0 aliphatic carbocycles. The zero-order valence-corrected chi connectivity index (χ0v) is 13.3. The molecule has 0 saturated carbocycles. The van der Waals surface area contributed by atoms with E-state index in [1.807, 2.05) is 13.0 Å². The van der Waals surface area contributed by atoms with Crippen molar-refractivity contribution in [2.75, 3.05) is 11.9 Å². The summed E-state index contributed by atoms with van der Waals surface area (Å²) in [4.78, 5) is 11.5. The molecular weight excluding hydrogens is 303 g/mol. The van der Waals surface area contributed by atoms with Crippen LogP contribution >= 0.6 is 11.6 Å². The molecule has 0 spiro atoms. The molecule has 0 unspecified atom stereocenters. The van der Waals surface area contributed by atoms with Crippen molar-refractivity contribution in [1.82, 2.24) is 0 Å². The quantitative estimate of drug-likeness (QED) is 0.897. The van der Waals surface area contributed by atoms with Crippen molar-refractivity contribution < 1.29 is 9.18 Å². The number of nitrogens with one attached hydrogen (secondary N) is 1. The van der Waals surface area contributed by atoms with Gasteiger partial charge in [-0.3, -0.25) is 4.79 Å². The molecular formula is C17H18ClFN2O. The maximum absolute atomic E-state index is 13.6. The third-order valence-corrected chi connectivity index (χ3v) is 3.83. The van der Waals surface area contributed by atoms with E-state index in [-0.39, 0.29) is 11.7 Å². The van der Waals surface area contributed by atoms with E-state index in [9.17, 15) is 9.18 Å². The molecule has 0 fully saturated rings. The number of amides is 1. The van der Waals surface area contributed by atoms with Gasteiger partial charge in [0.2, 0.25) is 5.91 Å². The number of hydrogen-bond acceptors (Lipinski definition) is 2. The lowest BCUT2D eigenvalue weighted by Crippen LogP contribution is -2.12. The van der Waals surface area contributed by atoms with Gasteiger partial charge in [-0.1, -0.05) is 23.7 Å². The zero-order valence-electron chi connectivity index (χ0n) is 12.5. The molecule has 3 N–H and O–H groups in total. The normalized spacial score (nSPS) is 10.6. The van der Waals surface area contributed by atoms with Gasteiger partial charge in [-0.15, -0.1) is 0 Å². The van der Waals surface area contributed by atoms with E-state index < -0.39 is 0 Å². The summed E-state index contributed by atoms with van der Waals surface area (Å²) in [6.45, 7) is 3.68. The Labute approximate surface area is 134 Å². The van der Waals surface area contributed by atoms with Crippen molar-refractivity contribution in [3.05, 3.63) is 52.3 Å². The number of benzene rings is 2. The van der Waals surface area contributed by atoms with E-state index in [0.717, 1.165) is 16.7 Å². The van der Waals surface area contributed by atoms with Gasteiger partial charge in [-0.25, -0.2) is 4.39 Å². The van der Waals surface area contributed by atoms with Crippen LogP contribution in [0.25, 0.3) is 11.1 Å². The Kier molecular flexibility index (Phi) is 5.16. The molecule has 3 nitrogen and oxygen atoms in total. The molecule has 0 saturated heterocycles. The second-order valence-electron chi connectivity index (χ2n) is 5.12. The zero-order chi connectivity index (χ0) is 16.3. The number of anilines is 1. The van der Waals surface area contributed by atoms with Crippen LogP contribution in [0.1, 0.15) is 18.1 Å². The van der Waals surface area contributed by atoms with Crippen molar-refractivity contribution in [1.29, 1.82) is 0 Å². The summed E-state index contributed by atoms with van der Waals surface area (Å²) in [5, 5.41) is 3.36. The van der Waals surface area contributed by atoms with Gasteiger partial charge in [0, 0.05) is 17.5 Å². The second kappa shape index (κ2) is 6.90. The number of halogens is 2. The summed E-state index contributed by atoms with van der Waals surface area (Å²) in [7, 11) is 0. The average Bonchev–Trinajstić information content (AvgIpc) is 2.44. The first-order valence-corrected chi connectivity index (χ1v) is 7.37. The smallest absolute Gasteiger partial charge is 0.221 e. The minimum Gasteiger partial charge on any atom is -0.330 e. The highest BCUT2D eigenvalue weighted by Crippen LogP contribution is 2.38. The van der Waals surface area contributed by atoms with Crippen LogP contribution in [0.3, 0.4) is 0 Å². The summed E-state index contributed by atoms with van der Waals surface area (Å²) < 4.78 is 13.6. The summed E-state index contributed by atoms with van der Waals surface area (Å²) in [5.74, 6) is -0.542. The Balaban J connectivity index is 2.76. The second-order valence-corrected chi connectivity index (χ2v) is 5.53. The lowest BCUT2D eigenvalue weighted by atomic mass is 9.93. The predicted molar refractivity (Wildman–Crippen MR) is 88.6 cm³/mol. The van der Waals surface area contributed by atoms with Crippen molar-refractivity contribution in [2.24, 2.45) is 5.73 Å². The van der Waals surface area contributed by atoms with Crippen LogP contribution in [-0.4, -0.2) is 12.5 Å². The third kappa shape index (κ3) is 3.46. The Morgan fingerprint density at radius 3 is 2.68 bits per heavy atom. The van der Waals surface area contributed by atoms with Crippen LogP contribution in [-0.2, 0) is 11.2 Å². The Morgan fingerprint density at radius 2 is 2.09 bits per heavy atom. The first-order valence-electron chi connectivity index (χ1n) is 6.99. The number of carbonyl (C=O) groups excluding carboxylic acids is 1. The van der Waals surface area contributed by atoms with E-state index in [2.05, 4.69) is 5.32 Å². The van der Waals surface area contributed by atoms with Gasteiger partial charge in [0.25, 0.3) is 0 Å². The Bertz CT molecular complexity index is 716. The molecule has 2 aromatic carbocycles. The summed E-state index contributed by atoms with van der Waals surface area (Å²) in [6.07, 6.45) is 0.582. The summed E-state index contributed by atoms with van der Waals surface area (Å²) >= 11 is 6.26. The van der Waals surface area contributed by atoms with Gasteiger partial charge in [0.1, 0.15) is 5.82 Å². The van der Waals surface area contributed by atoms with Gasteiger partial charge >= 0.3 is 0 Å². The molecule has 2 aromatic rings. The Hall–Kier alpha value is -1.91. The minimum atomic E-state index is -0.336. The van der Waals surface area contributed by atoms with E-state index >= 15 is 0 Å². The molecule has 0 aromatic heterocycles. The fourth-order valence-corrected chi connectivity index (χ4v) is 2.69. The molecule has 2 rings (SSSR count). The molecule has 22 heavy (non-hydrogen) atoms. The number of nitrogens with two attached hydrogens (primary N) is 1. The van der Waals surface area contributed by atoms with E-state index in [1.54, 1.807) is 12.1 Å². The predicted octanol–water partition coefficient (Wildman–Crippen LogP) is 3.91. The minimum absolute atomic E-state index is 0.207. The summed E-state index contributed by atoms with van der Waals surface area (Å²) in [5.41, 5.74) is 9.36. The Morgan fingerprint density at radius 1 is 1.36 bits per heavy atom. The van der Waals surface area contributed by atoms with E-state index in [1.165, 1.54) is 19.1 Å².